The Morgan fingerprint density at radius 1 is 0.489 bits per heavy atom. The average Bonchev–Trinajstić information content (AvgIpc) is 3.76. The van der Waals surface area contributed by atoms with Crippen molar-refractivity contribution in [1.29, 1.82) is 0 Å². The number of rotatable bonds is 2. The Balaban J connectivity index is 0. The van der Waals surface area contributed by atoms with E-state index in [1.165, 1.54) is 44.5 Å². The molecule has 4 heteroatoms. The summed E-state index contributed by atoms with van der Waals surface area (Å²) in [6.07, 6.45) is 0. The van der Waals surface area contributed by atoms with Gasteiger partial charge in [-0.3, -0.25) is 4.90 Å². The van der Waals surface area contributed by atoms with Gasteiger partial charge in [-0.1, -0.05) is 184 Å². The molecule has 1 N–H and O–H groups in total. The molecule has 0 bridgehead atoms. The van der Waals surface area contributed by atoms with Crippen LogP contribution in [0.2, 0.25) is 0 Å². The molecule has 6 rings (SSSR count). The van der Waals surface area contributed by atoms with Crippen LogP contribution in [0.3, 0.4) is 0 Å². The first-order valence-electron chi connectivity index (χ1n) is 16.8. The molecule has 0 radical (unpaired) electrons. The minimum absolute atomic E-state index is 0.939. The van der Waals surface area contributed by atoms with E-state index in [-0.39, 0.29) is 0 Å². The number of alkyl halides is 2. The number of hydrogen-bond acceptors (Lipinski definition) is 2. The Bertz CT molecular complexity index is 1150. The summed E-state index contributed by atoms with van der Waals surface area (Å²) in [6.45, 7) is 24.6. The van der Waals surface area contributed by atoms with Gasteiger partial charge in [0.1, 0.15) is 0 Å². The minimum Gasteiger partial charge on any atom is -0.309 e. The Morgan fingerprint density at radius 3 is 1.09 bits per heavy atom. The predicted octanol–water partition coefficient (Wildman–Crippen LogP) is 12.8. The zero-order chi connectivity index (χ0) is 34.5. The van der Waals surface area contributed by atoms with Crippen molar-refractivity contribution in [3.63, 3.8) is 0 Å². The van der Waals surface area contributed by atoms with E-state index in [2.05, 4.69) is 160 Å². The van der Waals surface area contributed by atoms with E-state index in [1.807, 2.05) is 55.4 Å². The zero-order valence-corrected chi connectivity index (χ0v) is 33.4. The Kier molecular flexibility index (Phi) is 30.3. The maximum atomic E-state index is 3.43. The molecule has 250 valence electrons. The third kappa shape index (κ3) is 18.5. The molecule has 2 heterocycles. The van der Waals surface area contributed by atoms with Gasteiger partial charge in [-0.05, 0) is 65.4 Å². The lowest BCUT2D eigenvalue weighted by Gasteiger charge is -2.02. The zero-order valence-electron chi connectivity index (χ0n) is 30.2. The second kappa shape index (κ2) is 30.4. The van der Waals surface area contributed by atoms with Gasteiger partial charge in [-0.2, -0.15) is 0 Å². The van der Waals surface area contributed by atoms with Crippen LogP contribution in [-0.2, 0) is 36.8 Å². The molecule has 0 atom stereocenters. The van der Waals surface area contributed by atoms with Gasteiger partial charge in [-0.25, -0.2) is 0 Å². The van der Waals surface area contributed by atoms with E-state index >= 15 is 0 Å². The predicted molar refractivity (Wildman–Crippen MR) is 212 cm³/mol. The molecule has 0 fully saturated rings. The van der Waals surface area contributed by atoms with Gasteiger partial charge >= 0.3 is 0 Å². The molecule has 0 spiro atoms. The summed E-state index contributed by atoms with van der Waals surface area (Å²) in [6, 6.07) is 33.9. The fourth-order valence-corrected chi connectivity index (χ4v) is 5.31. The van der Waals surface area contributed by atoms with Crippen molar-refractivity contribution in [3.05, 3.63) is 142 Å². The van der Waals surface area contributed by atoms with Crippen LogP contribution in [0.5, 0.6) is 0 Å². The number of fused-ring (bicyclic) bond motifs is 2. The highest BCUT2D eigenvalue weighted by Gasteiger charge is 2.13. The molecule has 0 amide bonds. The highest BCUT2D eigenvalue weighted by molar-refractivity contribution is 9.09. The Labute approximate surface area is 295 Å². The van der Waals surface area contributed by atoms with Gasteiger partial charge in [-0.15, -0.1) is 0 Å². The summed E-state index contributed by atoms with van der Waals surface area (Å²) < 4.78 is 0. The van der Waals surface area contributed by atoms with Crippen LogP contribution >= 0.6 is 31.9 Å². The maximum absolute atomic E-state index is 3.43. The molecule has 0 aliphatic carbocycles. The number of benzene rings is 4. The summed E-state index contributed by atoms with van der Waals surface area (Å²) in [5, 5.41) is 5.17. The Morgan fingerprint density at radius 2 is 0.778 bits per heavy atom. The van der Waals surface area contributed by atoms with Crippen molar-refractivity contribution in [2.75, 3.05) is 7.05 Å². The quantitative estimate of drug-likeness (QED) is 0.206. The molecule has 4 aromatic rings. The summed E-state index contributed by atoms with van der Waals surface area (Å²) in [4.78, 5) is 2.32. The van der Waals surface area contributed by atoms with Gasteiger partial charge in [0.25, 0.3) is 0 Å². The van der Waals surface area contributed by atoms with E-state index in [0.717, 1.165) is 36.8 Å². The van der Waals surface area contributed by atoms with Crippen molar-refractivity contribution in [3.8, 4) is 0 Å². The lowest BCUT2D eigenvalue weighted by molar-refractivity contribution is 0.353. The molecule has 0 saturated heterocycles. The van der Waals surface area contributed by atoms with Gasteiger partial charge in [0.2, 0.25) is 0 Å². The van der Waals surface area contributed by atoms with Crippen LogP contribution in [0, 0.1) is 13.8 Å². The van der Waals surface area contributed by atoms with Crippen LogP contribution < -0.4 is 5.32 Å². The normalized spacial score (nSPS) is 11.3. The Hall–Kier alpha value is -2.24. The standard InChI is InChI=1S/C9H11N.C8H8Br2.C8H9N.C8H10.4C2H6/c1-10-6-8-4-2-3-5-9(8)7-10;9-5-7-3-1-2-4-8(7)6-10;1-2-4-8-6-9-5-7(8)3-1;1-7-5-3-4-6-8(7)2;4*1-2/h2-5H,6-7H2,1H3;1-4H,5-6H2;1-4,9H,5-6H2;3-6H,1-2H3;4*1-2H3. The molecule has 0 unspecified atom stereocenters. The molecule has 0 saturated carbocycles. The van der Waals surface area contributed by atoms with Crippen LogP contribution in [0.25, 0.3) is 0 Å². The third-order valence-corrected chi connectivity index (χ3v) is 7.79. The first kappa shape index (κ1) is 44.9. The SMILES string of the molecule is BrCc1ccccc1CBr.CC.CC.CC.CC.CN1Cc2ccccc2C1.Cc1ccccc1C.c1ccc2c(c1)CNC2. The van der Waals surface area contributed by atoms with Gasteiger partial charge in [0, 0.05) is 36.8 Å². The highest BCUT2D eigenvalue weighted by Crippen LogP contribution is 2.20. The van der Waals surface area contributed by atoms with Gasteiger partial charge in [0.15, 0.2) is 0 Å². The molecular formula is C41H62Br2N2. The van der Waals surface area contributed by atoms with Crippen LogP contribution in [0.15, 0.2) is 97.1 Å². The number of hydrogen-bond donors (Lipinski definition) is 1. The fraction of sp³-hybridized carbons (Fsp3) is 0.415. The lowest BCUT2D eigenvalue weighted by atomic mass is 10.1. The second-order valence-electron chi connectivity index (χ2n) is 9.43. The van der Waals surface area contributed by atoms with Crippen molar-refractivity contribution in [2.45, 2.75) is 106 Å². The number of halogens is 2. The van der Waals surface area contributed by atoms with Crippen molar-refractivity contribution in [2.24, 2.45) is 0 Å². The molecule has 2 aliphatic heterocycles. The average molecular weight is 743 g/mol. The molecule has 4 aromatic carbocycles. The number of aryl methyl sites for hydroxylation is 2. The smallest absolute Gasteiger partial charge is 0.0286 e. The third-order valence-electron chi connectivity index (χ3n) is 6.58. The van der Waals surface area contributed by atoms with Crippen LogP contribution in [0.4, 0.5) is 0 Å². The molecular weight excluding hydrogens is 680 g/mol. The van der Waals surface area contributed by atoms with Crippen molar-refractivity contribution >= 4 is 31.9 Å². The fourth-order valence-electron chi connectivity index (χ4n) is 4.22. The van der Waals surface area contributed by atoms with E-state index < -0.39 is 0 Å². The largest absolute Gasteiger partial charge is 0.309 e. The van der Waals surface area contributed by atoms with E-state index in [9.17, 15) is 0 Å². The van der Waals surface area contributed by atoms with E-state index in [4.69, 9.17) is 0 Å². The van der Waals surface area contributed by atoms with E-state index in [0.29, 0.717) is 0 Å². The second-order valence-corrected chi connectivity index (χ2v) is 10.6. The number of nitrogens with zero attached hydrogens (tertiary/aromatic N) is 1. The monoisotopic (exact) mass is 740 g/mol. The summed E-state index contributed by atoms with van der Waals surface area (Å²) in [5.41, 5.74) is 11.4. The molecule has 2 nitrogen and oxygen atoms in total. The summed E-state index contributed by atoms with van der Waals surface area (Å²) in [5.74, 6) is 0. The summed E-state index contributed by atoms with van der Waals surface area (Å²) in [7, 11) is 2.15. The van der Waals surface area contributed by atoms with Crippen molar-refractivity contribution < 1.29 is 0 Å². The highest BCUT2D eigenvalue weighted by atomic mass is 79.9. The first-order valence-corrected chi connectivity index (χ1v) is 19.0. The van der Waals surface area contributed by atoms with Gasteiger partial charge in [0.05, 0.1) is 0 Å². The molecule has 2 aliphatic rings. The summed E-state index contributed by atoms with van der Waals surface area (Å²) >= 11 is 6.86. The maximum Gasteiger partial charge on any atom is 0.0286 e. The van der Waals surface area contributed by atoms with Crippen LogP contribution in [-0.4, -0.2) is 11.9 Å². The minimum atomic E-state index is 0.939. The van der Waals surface area contributed by atoms with E-state index in [1.54, 1.807) is 0 Å². The van der Waals surface area contributed by atoms with Crippen LogP contribution in [0.1, 0.15) is 99.9 Å². The first-order chi connectivity index (χ1) is 22.0. The van der Waals surface area contributed by atoms with Crippen molar-refractivity contribution in [1.82, 2.24) is 10.2 Å². The van der Waals surface area contributed by atoms with Gasteiger partial charge < -0.3 is 5.32 Å². The molecule has 45 heavy (non-hydrogen) atoms. The topological polar surface area (TPSA) is 15.3 Å². The number of nitrogens with one attached hydrogen (secondary N) is 1. The molecule has 0 aromatic heterocycles. The lowest BCUT2D eigenvalue weighted by Crippen LogP contribution is -2.07.